The van der Waals surface area contributed by atoms with Crippen molar-refractivity contribution >= 4 is 17.7 Å². The van der Waals surface area contributed by atoms with E-state index in [1.54, 1.807) is 18.2 Å². The molecule has 18 heavy (non-hydrogen) atoms. The van der Waals surface area contributed by atoms with Gasteiger partial charge in [-0.1, -0.05) is 18.2 Å². The summed E-state index contributed by atoms with van der Waals surface area (Å²) in [4.78, 5) is 11.6. The normalized spacial score (nSPS) is 19.5. The smallest absolute Gasteiger partial charge is 0.307 e. The third kappa shape index (κ3) is 3.99. The molecule has 0 aromatic heterocycles. The molecule has 1 atom stereocenters. The molecule has 1 aliphatic heterocycles. The maximum atomic E-state index is 13.3. The minimum atomic E-state index is -0.336. The van der Waals surface area contributed by atoms with Gasteiger partial charge >= 0.3 is 5.97 Å². The van der Waals surface area contributed by atoms with Gasteiger partial charge in [0.15, 0.2) is 0 Å². The first-order valence-electron chi connectivity index (χ1n) is 5.96. The van der Waals surface area contributed by atoms with Crippen LogP contribution in [-0.2, 0) is 16.1 Å². The van der Waals surface area contributed by atoms with Crippen molar-refractivity contribution in [2.75, 3.05) is 18.1 Å². The molecule has 0 radical (unpaired) electrons. The summed E-state index contributed by atoms with van der Waals surface area (Å²) in [5.74, 6) is 1.39. The fraction of sp³-hybridized carbons (Fsp3) is 0.462. The second-order valence-electron chi connectivity index (χ2n) is 4.18. The van der Waals surface area contributed by atoms with E-state index in [4.69, 9.17) is 4.74 Å². The van der Waals surface area contributed by atoms with Crippen molar-refractivity contribution in [2.24, 2.45) is 0 Å². The van der Waals surface area contributed by atoms with Crippen LogP contribution in [0, 0.1) is 5.82 Å². The van der Waals surface area contributed by atoms with E-state index in [9.17, 15) is 9.18 Å². The van der Waals surface area contributed by atoms with E-state index in [1.807, 2.05) is 11.8 Å². The Balaban J connectivity index is 1.76. The molecule has 0 bridgehead atoms. The molecule has 98 valence electrons. The van der Waals surface area contributed by atoms with Crippen LogP contribution in [-0.4, -0.2) is 30.1 Å². The topological polar surface area (TPSA) is 38.3 Å². The summed E-state index contributed by atoms with van der Waals surface area (Å²) in [6.45, 7) is 0.932. The molecule has 1 fully saturated rings. The molecule has 1 aromatic carbocycles. The lowest BCUT2D eigenvalue weighted by Crippen LogP contribution is -2.39. The molecule has 1 aliphatic rings. The zero-order valence-electron chi connectivity index (χ0n) is 10.0. The predicted octanol–water partition coefficient (Wildman–Crippen LogP) is 1.96. The quantitative estimate of drug-likeness (QED) is 0.848. The maximum Gasteiger partial charge on any atom is 0.307 e. The summed E-state index contributed by atoms with van der Waals surface area (Å²) in [5.41, 5.74) is 0.414. The average molecular weight is 269 g/mol. The summed E-state index contributed by atoms with van der Waals surface area (Å²) in [6, 6.07) is 6.51. The first-order chi connectivity index (χ1) is 8.75. The zero-order valence-corrected chi connectivity index (χ0v) is 10.8. The van der Waals surface area contributed by atoms with E-state index in [1.165, 1.54) is 6.07 Å². The van der Waals surface area contributed by atoms with Crippen LogP contribution in [0.25, 0.3) is 0 Å². The number of nitrogens with one attached hydrogen (secondary N) is 1. The molecule has 1 aromatic rings. The van der Waals surface area contributed by atoms with Gasteiger partial charge in [0.2, 0.25) is 0 Å². The molecule has 1 heterocycles. The van der Waals surface area contributed by atoms with Gasteiger partial charge in [0.05, 0.1) is 6.42 Å². The van der Waals surface area contributed by atoms with Gasteiger partial charge in [-0.15, -0.1) is 0 Å². The van der Waals surface area contributed by atoms with Crippen LogP contribution in [0.15, 0.2) is 24.3 Å². The van der Waals surface area contributed by atoms with Crippen LogP contribution in [0.1, 0.15) is 12.0 Å². The van der Waals surface area contributed by atoms with E-state index in [0.29, 0.717) is 12.0 Å². The Morgan fingerprint density at radius 3 is 3.06 bits per heavy atom. The first kappa shape index (κ1) is 13.4. The zero-order chi connectivity index (χ0) is 12.8. The molecule has 2 rings (SSSR count). The highest BCUT2D eigenvalue weighted by Crippen LogP contribution is 2.12. The van der Waals surface area contributed by atoms with Crippen molar-refractivity contribution in [1.82, 2.24) is 5.32 Å². The number of hydrogen-bond acceptors (Lipinski definition) is 4. The monoisotopic (exact) mass is 269 g/mol. The largest absolute Gasteiger partial charge is 0.461 e. The number of esters is 1. The number of hydrogen-bond donors (Lipinski definition) is 1. The molecule has 1 unspecified atom stereocenters. The number of thioether (sulfide) groups is 1. The molecule has 5 heteroatoms. The highest BCUT2D eigenvalue weighted by atomic mass is 32.2. The van der Waals surface area contributed by atoms with Gasteiger partial charge in [0.25, 0.3) is 0 Å². The van der Waals surface area contributed by atoms with Gasteiger partial charge in [-0.3, -0.25) is 4.79 Å². The van der Waals surface area contributed by atoms with Crippen LogP contribution < -0.4 is 5.32 Å². The van der Waals surface area contributed by atoms with Crippen LogP contribution in [0.2, 0.25) is 0 Å². The minimum Gasteiger partial charge on any atom is -0.461 e. The summed E-state index contributed by atoms with van der Waals surface area (Å²) in [6.07, 6.45) is 0.349. The Kier molecular flexibility index (Phi) is 5.01. The van der Waals surface area contributed by atoms with Gasteiger partial charge in [-0.2, -0.15) is 11.8 Å². The SMILES string of the molecule is O=C(CC1CSCCN1)OCc1ccccc1F. The Bertz CT molecular complexity index is 408. The van der Waals surface area contributed by atoms with Gasteiger partial charge in [0, 0.05) is 29.7 Å². The molecule has 0 aliphatic carbocycles. The molecule has 1 saturated heterocycles. The Morgan fingerprint density at radius 1 is 1.50 bits per heavy atom. The number of carbonyl (C=O) groups excluding carboxylic acids is 1. The fourth-order valence-electron chi connectivity index (χ4n) is 1.78. The molecular weight excluding hydrogens is 253 g/mol. The second kappa shape index (κ2) is 6.75. The molecular formula is C13H16FNO2S. The van der Waals surface area contributed by atoms with E-state index < -0.39 is 0 Å². The van der Waals surface area contributed by atoms with Crippen molar-refractivity contribution < 1.29 is 13.9 Å². The lowest BCUT2D eigenvalue weighted by atomic mass is 10.2. The molecule has 0 saturated carbocycles. The van der Waals surface area contributed by atoms with Gasteiger partial charge in [-0.25, -0.2) is 4.39 Å². The van der Waals surface area contributed by atoms with Crippen molar-refractivity contribution in [3.63, 3.8) is 0 Å². The number of carbonyl (C=O) groups is 1. The standard InChI is InChI=1S/C13H16FNO2S/c14-12-4-2-1-3-10(12)8-17-13(16)7-11-9-18-6-5-15-11/h1-4,11,15H,5-9H2. The Hall–Kier alpha value is -1.07. The van der Waals surface area contributed by atoms with Crippen LogP contribution in [0.5, 0.6) is 0 Å². The van der Waals surface area contributed by atoms with Crippen molar-refractivity contribution in [3.05, 3.63) is 35.6 Å². The fourth-order valence-corrected chi connectivity index (χ4v) is 2.73. The Labute approximate surface area is 110 Å². The van der Waals surface area contributed by atoms with Crippen LogP contribution >= 0.6 is 11.8 Å². The van der Waals surface area contributed by atoms with Gasteiger partial charge < -0.3 is 10.1 Å². The van der Waals surface area contributed by atoms with Crippen LogP contribution in [0.4, 0.5) is 4.39 Å². The summed E-state index contributed by atoms with van der Waals surface area (Å²) >= 11 is 1.83. The van der Waals surface area contributed by atoms with Gasteiger partial charge in [0.1, 0.15) is 12.4 Å². The molecule has 0 spiro atoms. The van der Waals surface area contributed by atoms with E-state index in [0.717, 1.165) is 18.1 Å². The maximum absolute atomic E-state index is 13.3. The highest BCUT2D eigenvalue weighted by Gasteiger charge is 2.17. The predicted molar refractivity (Wildman–Crippen MR) is 69.9 cm³/mol. The van der Waals surface area contributed by atoms with Crippen molar-refractivity contribution in [2.45, 2.75) is 19.1 Å². The van der Waals surface area contributed by atoms with Crippen LogP contribution in [0.3, 0.4) is 0 Å². The summed E-state index contributed by atoms with van der Waals surface area (Å²) in [7, 11) is 0. The van der Waals surface area contributed by atoms with E-state index in [2.05, 4.69) is 5.32 Å². The number of halogens is 1. The molecule has 1 N–H and O–H groups in total. The van der Waals surface area contributed by atoms with E-state index in [-0.39, 0.29) is 24.4 Å². The number of ether oxygens (including phenoxy) is 1. The molecule has 0 amide bonds. The average Bonchev–Trinajstić information content (AvgIpc) is 2.39. The summed E-state index contributed by atoms with van der Waals surface area (Å²) < 4.78 is 18.4. The number of rotatable bonds is 4. The van der Waals surface area contributed by atoms with Gasteiger partial charge in [-0.05, 0) is 6.07 Å². The third-order valence-electron chi connectivity index (χ3n) is 2.76. The summed E-state index contributed by atoms with van der Waals surface area (Å²) in [5, 5.41) is 3.26. The highest BCUT2D eigenvalue weighted by molar-refractivity contribution is 7.99. The lowest BCUT2D eigenvalue weighted by molar-refractivity contribution is -0.145. The molecule has 3 nitrogen and oxygen atoms in total. The third-order valence-corrected chi connectivity index (χ3v) is 3.89. The first-order valence-corrected chi connectivity index (χ1v) is 7.11. The number of benzene rings is 1. The second-order valence-corrected chi connectivity index (χ2v) is 5.33. The Morgan fingerprint density at radius 2 is 2.33 bits per heavy atom. The van der Waals surface area contributed by atoms with Crippen molar-refractivity contribution in [3.8, 4) is 0 Å². The lowest BCUT2D eigenvalue weighted by Gasteiger charge is -2.22. The van der Waals surface area contributed by atoms with E-state index >= 15 is 0 Å². The van der Waals surface area contributed by atoms with Crippen molar-refractivity contribution in [1.29, 1.82) is 0 Å². The minimum absolute atomic E-state index is 0.00533.